The molecule has 0 radical (unpaired) electrons. The number of halogens is 4. The summed E-state index contributed by atoms with van der Waals surface area (Å²) in [4.78, 5) is 3.37. The monoisotopic (exact) mass is 279 g/mol. The van der Waals surface area contributed by atoms with Crippen molar-refractivity contribution in [1.82, 2.24) is 4.98 Å². The molecule has 0 saturated heterocycles. The molecule has 1 aromatic heterocycles. The van der Waals surface area contributed by atoms with E-state index in [9.17, 15) is 17.6 Å². The minimum Gasteiger partial charge on any atom is -0.245 e. The summed E-state index contributed by atoms with van der Waals surface area (Å²) < 4.78 is 50.6. The molecule has 5 heteroatoms. The van der Waals surface area contributed by atoms with Gasteiger partial charge in [0.25, 0.3) is 0 Å². The van der Waals surface area contributed by atoms with Crippen LogP contribution in [0.3, 0.4) is 0 Å². The number of aryl methyl sites for hydroxylation is 1. The van der Waals surface area contributed by atoms with E-state index in [0.29, 0.717) is 0 Å². The van der Waals surface area contributed by atoms with Crippen molar-refractivity contribution in [2.24, 2.45) is 0 Å². The lowest BCUT2D eigenvalue weighted by molar-refractivity contribution is -0.141. The second-order valence-corrected chi connectivity index (χ2v) is 3.80. The van der Waals surface area contributed by atoms with Gasteiger partial charge in [-0.15, -0.1) is 0 Å². The van der Waals surface area contributed by atoms with Gasteiger partial charge in [-0.25, -0.2) is 9.37 Å². The van der Waals surface area contributed by atoms with E-state index in [-0.39, 0.29) is 17.2 Å². The van der Waals surface area contributed by atoms with Crippen LogP contribution in [0.25, 0.3) is 0 Å². The maximum Gasteiger partial charge on any atom is 0.433 e. The van der Waals surface area contributed by atoms with Crippen LogP contribution in [-0.2, 0) is 6.18 Å². The Morgan fingerprint density at radius 1 is 1.11 bits per heavy atom. The normalized spacial score (nSPS) is 13.9. The Kier molecular flexibility index (Phi) is 7.01. The Hall–Kier alpha value is -1.13. The van der Waals surface area contributed by atoms with Gasteiger partial charge in [-0.1, -0.05) is 27.7 Å². The average Bonchev–Trinajstić information content (AvgIpc) is 3.20. The van der Waals surface area contributed by atoms with Crippen molar-refractivity contribution in [3.05, 3.63) is 28.8 Å². The molecular formula is C14H21F4N. The van der Waals surface area contributed by atoms with Crippen LogP contribution in [0, 0.1) is 12.7 Å². The number of aromatic nitrogens is 1. The summed E-state index contributed by atoms with van der Waals surface area (Å²) in [6, 6.07) is 0.751. The van der Waals surface area contributed by atoms with E-state index in [1.54, 1.807) is 0 Å². The number of alkyl halides is 3. The van der Waals surface area contributed by atoms with Crippen LogP contribution in [0.1, 0.15) is 63.4 Å². The van der Waals surface area contributed by atoms with E-state index in [1.807, 2.05) is 27.7 Å². The SMILES string of the molecule is CC.CC.Cc1cc(C(F)(F)F)nc(C2CC2)c1F. The van der Waals surface area contributed by atoms with Crippen molar-refractivity contribution in [2.45, 2.75) is 59.6 Å². The second-order valence-electron chi connectivity index (χ2n) is 3.80. The molecule has 1 aliphatic rings. The number of nitrogens with zero attached hydrogens (tertiary/aromatic N) is 1. The smallest absolute Gasteiger partial charge is 0.245 e. The van der Waals surface area contributed by atoms with Crippen molar-refractivity contribution in [3.63, 3.8) is 0 Å². The van der Waals surface area contributed by atoms with E-state index in [2.05, 4.69) is 4.98 Å². The maximum atomic E-state index is 13.4. The first-order chi connectivity index (χ1) is 8.89. The largest absolute Gasteiger partial charge is 0.433 e. The molecule has 0 unspecified atom stereocenters. The lowest BCUT2D eigenvalue weighted by Gasteiger charge is -2.10. The molecular weight excluding hydrogens is 258 g/mol. The molecule has 1 heterocycles. The summed E-state index contributed by atoms with van der Waals surface area (Å²) in [6.45, 7) is 9.33. The molecule has 0 N–H and O–H groups in total. The summed E-state index contributed by atoms with van der Waals surface area (Å²) in [5.74, 6) is -0.712. The van der Waals surface area contributed by atoms with Gasteiger partial charge in [0.2, 0.25) is 0 Å². The zero-order chi connectivity index (χ0) is 15.2. The van der Waals surface area contributed by atoms with E-state index in [0.717, 1.165) is 18.9 Å². The molecule has 0 aromatic carbocycles. The third-order valence-electron chi connectivity index (χ3n) is 2.42. The standard InChI is InChI=1S/C10H9F4N.2C2H6/c1-5-4-7(10(12,13)14)15-9(8(5)11)6-2-3-6;2*1-2/h4,6H,2-3H2,1H3;2*1-2H3. The van der Waals surface area contributed by atoms with Crippen LogP contribution in [-0.4, -0.2) is 4.98 Å². The number of pyridine rings is 1. The fourth-order valence-corrected chi connectivity index (χ4v) is 1.45. The van der Waals surface area contributed by atoms with Crippen molar-refractivity contribution >= 4 is 0 Å². The Morgan fingerprint density at radius 3 is 1.95 bits per heavy atom. The van der Waals surface area contributed by atoms with Crippen molar-refractivity contribution in [1.29, 1.82) is 0 Å². The fourth-order valence-electron chi connectivity index (χ4n) is 1.45. The van der Waals surface area contributed by atoms with Crippen molar-refractivity contribution in [2.75, 3.05) is 0 Å². The maximum absolute atomic E-state index is 13.4. The van der Waals surface area contributed by atoms with Gasteiger partial charge < -0.3 is 0 Å². The molecule has 1 nitrogen and oxygen atoms in total. The van der Waals surface area contributed by atoms with Gasteiger partial charge in [-0.2, -0.15) is 13.2 Å². The van der Waals surface area contributed by atoms with E-state index < -0.39 is 17.7 Å². The minimum absolute atomic E-state index is 0.0132. The molecule has 1 aliphatic carbocycles. The van der Waals surface area contributed by atoms with Gasteiger partial charge in [0.15, 0.2) is 0 Å². The minimum atomic E-state index is -4.50. The van der Waals surface area contributed by atoms with E-state index >= 15 is 0 Å². The van der Waals surface area contributed by atoms with Crippen LogP contribution in [0.4, 0.5) is 17.6 Å². The van der Waals surface area contributed by atoms with Crippen molar-refractivity contribution in [3.8, 4) is 0 Å². The van der Waals surface area contributed by atoms with Gasteiger partial charge in [0.05, 0.1) is 5.69 Å². The Balaban J connectivity index is 0.000000741. The highest BCUT2D eigenvalue weighted by Crippen LogP contribution is 2.42. The molecule has 19 heavy (non-hydrogen) atoms. The lowest BCUT2D eigenvalue weighted by Crippen LogP contribution is -2.11. The Morgan fingerprint density at radius 2 is 1.58 bits per heavy atom. The highest BCUT2D eigenvalue weighted by molar-refractivity contribution is 5.28. The van der Waals surface area contributed by atoms with Gasteiger partial charge >= 0.3 is 6.18 Å². The van der Waals surface area contributed by atoms with Gasteiger partial charge in [-0.3, -0.25) is 0 Å². The Labute approximate surface area is 112 Å². The summed E-state index contributed by atoms with van der Waals surface area (Å²) in [5.41, 5.74) is -1.01. The second kappa shape index (κ2) is 7.46. The number of hydrogen-bond acceptors (Lipinski definition) is 1. The van der Waals surface area contributed by atoms with Crippen LogP contribution in [0.5, 0.6) is 0 Å². The molecule has 0 aliphatic heterocycles. The Bertz CT molecular complexity index is 395. The first-order valence-electron chi connectivity index (χ1n) is 6.64. The topological polar surface area (TPSA) is 12.9 Å². The quantitative estimate of drug-likeness (QED) is 0.620. The van der Waals surface area contributed by atoms with Crippen LogP contribution in [0.15, 0.2) is 6.07 Å². The molecule has 0 bridgehead atoms. The zero-order valence-electron chi connectivity index (χ0n) is 12.0. The molecule has 1 fully saturated rings. The van der Waals surface area contributed by atoms with E-state index in [1.165, 1.54) is 6.92 Å². The highest BCUT2D eigenvalue weighted by Gasteiger charge is 2.36. The third kappa shape index (κ3) is 4.80. The fraction of sp³-hybridized carbons (Fsp3) is 0.643. The highest BCUT2D eigenvalue weighted by atomic mass is 19.4. The van der Waals surface area contributed by atoms with Gasteiger partial charge in [0.1, 0.15) is 11.5 Å². The lowest BCUT2D eigenvalue weighted by atomic mass is 10.1. The predicted octanol–water partition coefficient (Wildman–Crippen LogP) is 5.48. The molecule has 1 saturated carbocycles. The number of rotatable bonds is 1. The average molecular weight is 279 g/mol. The third-order valence-corrected chi connectivity index (χ3v) is 2.42. The molecule has 110 valence electrons. The number of hydrogen-bond donors (Lipinski definition) is 0. The van der Waals surface area contributed by atoms with Crippen LogP contribution < -0.4 is 0 Å². The molecule has 0 amide bonds. The van der Waals surface area contributed by atoms with Crippen LogP contribution >= 0.6 is 0 Å². The summed E-state index contributed by atoms with van der Waals surface area (Å²) in [6.07, 6.45) is -3.04. The summed E-state index contributed by atoms with van der Waals surface area (Å²) in [5, 5.41) is 0. The molecule has 0 atom stereocenters. The summed E-state index contributed by atoms with van der Waals surface area (Å²) in [7, 11) is 0. The van der Waals surface area contributed by atoms with Crippen LogP contribution in [0.2, 0.25) is 0 Å². The predicted molar refractivity (Wildman–Crippen MR) is 68.6 cm³/mol. The summed E-state index contributed by atoms with van der Waals surface area (Å²) >= 11 is 0. The zero-order valence-corrected chi connectivity index (χ0v) is 12.0. The van der Waals surface area contributed by atoms with Crippen molar-refractivity contribution < 1.29 is 17.6 Å². The first kappa shape index (κ1) is 17.9. The van der Waals surface area contributed by atoms with E-state index in [4.69, 9.17) is 0 Å². The molecule has 1 aromatic rings. The van der Waals surface area contributed by atoms with Gasteiger partial charge in [-0.05, 0) is 31.4 Å². The molecule has 0 spiro atoms. The van der Waals surface area contributed by atoms with Gasteiger partial charge in [0, 0.05) is 5.92 Å². The molecule has 2 rings (SSSR count). The first-order valence-corrected chi connectivity index (χ1v) is 6.64.